The van der Waals surface area contributed by atoms with Crippen LogP contribution in [0.15, 0.2) is 17.1 Å². The first kappa shape index (κ1) is 16.9. The number of nitrogens with zero attached hydrogens (tertiary/aromatic N) is 2. The maximum atomic E-state index is 6.37. The van der Waals surface area contributed by atoms with E-state index in [2.05, 4.69) is 39.7 Å². The fourth-order valence-corrected chi connectivity index (χ4v) is 3.22. The van der Waals surface area contributed by atoms with Gasteiger partial charge in [0.25, 0.3) is 0 Å². The molecule has 1 saturated heterocycles. The Balaban J connectivity index is 2.51. The van der Waals surface area contributed by atoms with Gasteiger partial charge in [0.05, 0.1) is 11.4 Å². The van der Waals surface area contributed by atoms with Crippen LogP contribution < -0.4 is 20.9 Å². The van der Waals surface area contributed by atoms with Gasteiger partial charge in [-0.25, -0.2) is 0 Å². The molecule has 0 atom stereocenters. The Hall–Kier alpha value is -1.46. The summed E-state index contributed by atoms with van der Waals surface area (Å²) >= 11 is 6.37. The average molecular weight is 324 g/mol. The minimum absolute atomic E-state index is 0.0798. The summed E-state index contributed by atoms with van der Waals surface area (Å²) < 4.78 is 0. The lowest BCUT2D eigenvalue weighted by Gasteiger charge is -2.41. The molecule has 3 N–H and O–H groups in total. The third-order valence-corrected chi connectivity index (χ3v) is 4.18. The van der Waals surface area contributed by atoms with E-state index in [0.717, 1.165) is 47.4 Å². The van der Waals surface area contributed by atoms with Crippen LogP contribution in [0.1, 0.15) is 19.4 Å². The molecule has 1 heterocycles. The second kappa shape index (κ2) is 6.75. The van der Waals surface area contributed by atoms with Crippen LogP contribution in [0.3, 0.4) is 0 Å². The van der Waals surface area contributed by atoms with Crippen LogP contribution in [-0.4, -0.2) is 52.2 Å². The van der Waals surface area contributed by atoms with Crippen LogP contribution in [0.25, 0.3) is 0 Å². The summed E-state index contributed by atoms with van der Waals surface area (Å²) in [6.45, 7) is 7.28. The summed E-state index contributed by atoms with van der Waals surface area (Å²) in [4.78, 5) is 6.69. The van der Waals surface area contributed by atoms with Crippen molar-refractivity contribution >= 4 is 28.8 Å². The van der Waals surface area contributed by atoms with Crippen molar-refractivity contribution in [2.24, 2.45) is 4.99 Å². The van der Waals surface area contributed by atoms with Gasteiger partial charge in [-0.05, 0) is 26.0 Å². The van der Waals surface area contributed by atoms with Crippen LogP contribution in [0.2, 0.25) is 5.02 Å². The van der Waals surface area contributed by atoms with Gasteiger partial charge in [0.15, 0.2) is 0 Å². The van der Waals surface area contributed by atoms with E-state index in [4.69, 9.17) is 11.6 Å². The summed E-state index contributed by atoms with van der Waals surface area (Å²) in [5.41, 5.74) is 3.25. The Morgan fingerprint density at radius 1 is 1.36 bits per heavy atom. The number of nitrogens with one attached hydrogen (secondary N) is 3. The Labute approximate surface area is 138 Å². The minimum Gasteiger partial charge on any atom is -0.386 e. The lowest BCUT2D eigenvalue weighted by atomic mass is 10.0. The number of halogens is 1. The van der Waals surface area contributed by atoms with E-state index in [1.807, 2.05) is 26.2 Å². The van der Waals surface area contributed by atoms with E-state index in [-0.39, 0.29) is 5.54 Å². The third kappa shape index (κ3) is 3.47. The lowest BCUT2D eigenvalue weighted by Crippen LogP contribution is -2.57. The monoisotopic (exact) mass is 323 g/mol. The molecule has 0 unspecified atom stereocenters. The maximum absolute atomic E-state index is 6.37. The van der Waals surface area contributed by atoms with Crippen molar-refractivity contribution in [3.63, 3.8) is 0 Å². The Bertz CT molecular complexity index is 568. The first-order valence-corrected chi connectivity index (χ1v) is 7.96. The molecule has 0 radical (unpaired) electrons. The van der Waals surface area contributed by atoms with Crippen molar-refractivity contribution in [2.75, 3.05) is 51.0 Å². The maximum Gasteiger partial charge on any atom is 0.129 e. The smallest absolute Gasteiger partial charge is 0.129 e. The molecule has 122 valence electrons. The number of hydrogen-bond acceptors (Lipinski definition) is 4. The molecule has 0 aromatic heterocycles. The van der Waals surface area contributed by atoms with Crippen molar-refractivity contribution < 1.29 is 0 Å². The molecular weight excluding hydrogens is 298 g/mol. The SMILES string of the molecule is CN=C(NC)c1cc(Cl)cc(N2CCNC(C)(C)C2)c1NC. The number of rotatable bonds is 3. The Morgan fingerprint density at radius 3 is 2.64 bits per heavy atom. The predicted octanol–water partition coefficient (Wildman–Crippen LogP) is 2.17. The van der Waals surface area contributed by atoms with Crippen LogP contribution in [0.4, 0.5) is 11.4 Å². The van der Waals surface area contributed by atoms with E-state index in [0.29, 0.717) is 0 Å². The van der Waals surface area contributed by atoms with Crippen LogP contribution in [0.5, 0.6) is 0 Å². The molecule has 0 aliphatic carbocycles. The average Bonchev–Trinajstić information content (AvgIpc) is 2.47. The first-order valence-electron chi connectivity index (χ1n) is 7.58. The zero-order valence-electron chi connectivity index (χ0n) is 14.0. The van der Waals surface area contributed by atoms with Gasteiger partial charge in [0, 0.05) is 56.9 Å². The van der Waals surface area contributed by atoms with Crippen molar-refractivity contribution in [3.05, 3.63) is 22.7 Å². The van der Waals surface area contributed by atoms with E-state index >= 15 is 0 Å². The molecule has 0 saturated carbocycles. The van der Waals surface area contributed by atoms with Crippen molar-refractivity contribution in [1.29, 1.82) is 0 Å². The van der Waals surface area contributed by atoms with Gasteiger partial charge in [-0.3, -0.25) is 4.99 Å². The quantitative estimate of drug-likeness (QED) is 0.589. The highest BCUT2D eigenvalue weighted by molar-refractivity contribution is 6.31. The molecule has 1 fully saturated rings. The van der Waals surface area contributed by atoms with Gasteiger partial charge in [0.2, 0.25) is 0 Å². The molecule has 0 spiro atoms. The van der Waals surface area contributed by atoms with Gasteiger partial charge in [-0.15, -0.1) is 0 Å². The van der Waals surface area contributed by atoms with E-state index in [9.17, 15) is 0 Å². The zero-order chi connectivity index (χ0) is 16.3. The third-order valence-electron chi connectivity index (χ3n) is 3.96. The minimum atomic E-state index is 0.0798. The number of benzene rings is 1. The Morgan fingerprint density at radius 2 is 2.09 bits per heavy atom. The van der Waals surface area contributed by atoms with Crippen LogP contribution in [0, 0.1) is 0 Å². The second-order valence-electron chi connectivity index (χ2n) is 6.15. The molecule has 1 aromatic carbocycles. The van der Waals surface area contributed by atoms with Crippen molar-refractivity contribution in [1.82, 2.24) is 10.6 Å². The predicted molar refractivity (Wildman–Crippen MR) is 96.8 cm³/mol. The van der Waals surface area contributed by atoms with E-state index in [1.54, 1.807) is 7.05 Å². The lowest BCUT2D eigenvalue weighted by molar-refractivity contribution is 0.353. The number of anilines is 2. The highest BCUT2D eigenvalue weighted by Gasteiger charge is 2.28. The summed E-state index contributed by atoms with van der Waals surface area (Å²) in [7, 11) is 5.59. The molecule has 1 aliphatic heterocycles. The van der Waals surface area contributed by atoms with Gasteiger partial charge in [-0.1, -0.05) is 11.6 Å². The fourth-order valence-electron chi connectivity index (χ4n) is 3.01. The highest BCUT2D eigenvalue weighted by Crippen LogP contribution is 2.34. The summed E-state index contributed by atoms with van der Waals surface area (Å²) in [5, 5.41) is 10.7. The molecule has 22 heavy (non-hydrogen) atoms. The van der Waals surface area contributed by atoms with Gasteiger partial charge in [0.1, 0.15) is 5.84 Å². The molecule has 0 bridgehead atoms. The molecule has 1 aliphatic rings. The zero-order valence-corrected chi connectivity index (χ0v) is 14.8. The molecule has 5 nitrogen and oxygen atoms in total. The molecule has 6 heteroatoms. The fraction of sp³-hybridized carbons (Fsp3) is 0.562. The number of aliphatic imine (C=N–C) groups is 1. The van der Waals surface area contributed by atoms with Crippen LogP contribution >= 0.6 is 11.6 Å². The number of piperazine rings is 1. The largest absolute Gasteiger partial charge is 0.386 e. The van der Waals surface area contributed by atoms with Gasteiger partial charge < -0.3 is 20.9 Å². The summed E-state index contributed by atoms with van der Waals surface area (Å²) in [6.07, 6.45) is 0. The molecule has 2 rings (SSSR count). The van der Waals surface area contributed by atoms with E-state index in [1.165, 1.54) is 0 Å². The van der Waals surface area contributed by atoms with E-state index < -0.39 is 0 Å². The topological polar surface area (TPSA) is 51.7 Å². The standard InChI is InChI=1S/C16H26ClN5/c1-16(2)10-22(7-6-21-16)13-9-11(17)8-12(14(13)18-3)15(19-4)20-5/h8-9,18,21H,6-7,10H2,1-5H3,(H,19,20). The van der Waals surface area contributed by atoms with Crippen LogP contribution in [-0.2, 0) is 0 Å². The summed E-state index contributed by atoms with van der Waals surface area (Å²) in [6, 6.07) is 3.98. The van der Waals surface area contributed by atoms with Gasteiger partial charge in [-0.2, -0.15) is 0 Å². The number of amidine groups is 1. The second-order valence-corrected chi connectivity index (χ2v) is 6.59. The van der Waals surface area contributed by atoms with Crippen molar-refractivity contribution in [3.8, 4) is 0 Å². The summed E-state index contributed by atoms with van der Waals surface area (Å²) in [5.74, 6) is 0.822. The Kier molecular flexibility index (Phi) is 5.19. The van der Waals surface area contributed by atoms with Crippen molar-refractivity contribution in [2.45, 2.75) is 19.4 Å². The number of hydrogen-bond donors (Lipinski definition) is 3. The molecule has 1 aromatic rings. The highest BCUT2D eigenvalue weighted by atomic mass is 35.5. The molecular formula is C16H26ClN5. The first-order chi connectivity index (χ1) is 10.4. The normalized spacial score (nSPS) is 18.3. The van der Waals surface area contributed by atoms with Gasteiger partial charge >= 0.3 is 0 Å². The molecule has 0 amide bonds.